The van der Waals surface area contributed by atoms with E-state index in [9.17, 15) is 13.2 Å². The van der Waals surface area contributed by atoms with Crippen molar-refractivity contribution >= 4 is 38.9 Å². The minimum absolute atomic E-state index is 0.311. The first-order valence-corrected chi connectivity index (χ1v) is 9.61. The Morgan fingerprint density at radius 2 is 1.96 bits per heavy atom. The zero-order chi connectivity index (χ0) is 18.6. The van der Waals surface area contributed by atoms with Crippen LogP contribution in [0.2, 0.25) is 5.02 Å². The van der Waals surface area contributed by atoms with E-state index in [-0.39, 0.29) is 6.54 Å². The highest BCUT2D eigenvalue weighted by molar-refractivity contribution is 7.92. The first-order chi connectivity index (χ1) is 11.7. The predicted octanol–water partition coefficient (Wildman–Crippen LogP) is 3.06. The SMILES string of the molecule is COc1ccc(C)cc1N(CC(=O)Nc1cccc(Cl)c1)S(C)(=O)=O. The van der Waals surface area contributed by atoms with Crippen molar-refractivity contribution in [2.24, 2.45) is 0 Å². The molecule has 0 unspecified atom stereocenters. The van der Waals surface area contributed by atoms with Crippen molar-refractivity contribution in [2.45, 2.75) is 6.92 Å². The van der Waals surface area contributed by atoms with Gasteiger partial charge in [-0.1, -0.05) is 23.7 Å². The van der Waals surface area contributed by atoms with Crippen LogP contribution in [-0.4, -0.2) is 34.2 Å². The molecule has 0 aliphatic carbocycles. The Kier molecular flexibility index (Phi) is 5.92. The molecule has 0 bridgehead atoms. The van der Waals surface area contributed by atoms with Gasteiger partial charge < -0.3 is 10.1 Å². The number of amides is 1. The van der Waals surface area contributed by atoms with Crippen molar-refractivity contribution in [3.05, 3.63) is 53.1 Å². The maximum atomic E-state index is 12.3. The maximum Gasteiger partial charge on any atom is 0.245 e. The summed E-state index contributed by atoms with van der Waals surface area (Å²) in [5.41, 5.74) is 1.65. The molecule has 1 N–H and O–H groups in total. The molecular formula is C17H19ClN2O4S. The summed E-state index contributed by atoms with van der Waals surface area (Å²) in [5, 5.41) is 3.11. The van der Waals surface area contributed by atoms with Gasteiger partial charge in [-0.05, 0) is 42.8 Å². The van der Waals surface area contributed by atoms with Gasteiger partial charge in [-0.2, -0.15) is 0 Å². The van der Waals surface area contributed by atoms with Crippen LogP contribution in [0.3, 0.4) is 0 Å². The van der Waals surface area contributed by atoms with Crippen LogP contribution in [0.4, 0.5) is 11.4 Å². The van der Waals surface area contributed by atoms with Gasteiger partial charge in [-0.25, -0.2) is 8.42 Å². The number of nitrogens with one attached hydrogen (secondary N) is 1. The van der Waals surface area contributed by atoms with E-state index in [0.717, 1.165) is 16.1 Å². The van der Waals surface area contributed by atoms with Gasteiger partial charge in [0.2, 0.25) is 15.9 Å². The van der Waals surface area contributed by atoms with Gasteiger partial charge in [0.1, 0.15) is 12.3 Å². The molecule has 0 spiro atoms. The minimum Gasteiger partial charge on any atom is -0.495 e. The maximum absolute atomic E-state index is 12.3. The fourth-order valence-electron chi connectivity index (χ4n) is 2.27. The number of halogens is 1. The van der Waals surface area contributed by atoms with Gasteiger partial charge in [-0.15, -0.1) is 0 Å². The number of ether oxygens (including phenoxy) is 1. The molecule has 2 aromatic rings. The Morgan fingerprint density at radius 3 is 2.56 bits per heavy atom. The Balaban J connectivity index is 2.30. The van der Waals surface area contributed by atoms with E-state index < -0.39 is 15.9 Å². The van der Waals surface area contributed by atoms with Gasteiger partial charge in [0.25, 0.3) is 0 Å². The summed E-state index contributed by atoms with van der Waals surface area (Å²) in [6, 6.07) is 11.7. The molecule has 2 aromatic carbocycles. The van der Waals surface area contributed by atoms with Crippen molar-refractivity contribution < 1.29 is 17.9 Å². The lowest BCUT2D eigenvalue weighted by Gasteiger charge is -2.24. The largest absolute Gasteiger partial charge is 0.495 e. The van der Waals surface area contributed by atoms with Crippen molar-refractivity contribution in [2.75, 3.05) is 29.5 Å². The molecule has 8 heteroatoms. The number of sulfonamides is 1. The second kappa shape index (κ2) is 7.76. The third-order valence-electron chi connectivity index (χ3n) is 3.40. The fraction of sp³-hybridized carbons (Fsp3) is 0.235. The molecular weight excluding hydrogens is 364 g/mol. The van der Waals surface area contributed by atoms with E-state index in [2.05, 4.69) is 5.32 Å². The quantitative estimate of drug-likeness (QED) is 0.833. The molecule has 0 aromatic heterocycles. The Morgan fingerprint density at radius 1 is 1.24 bits per heavy atom. The molecule has 0 aliphatic rings. The number of benzene rings is 2. The normalized spacial score (nSPS) is 11.0. The Labute approximate surface area is 152 Å². The molecule has 6 nitrogen and oxygen atoms in total. The second-order valence-electron chi connectivity index (χ2n) is 5.50. The van der Waals surface area contributed by atoms with Gasteiger partial charge in [-0.3, -0.25) is 9.10 Å². The lowest BCUT2D eigenvalue weighted by molar-refractivity contribution is -0.114. The minimum atomic E-state index is -3.70. The summed E-state index contributed by atoms with van der Waals surface area (Å²) < 4.78 is 30.7. The predicted molar refractivity (Wildman–Crippen MR) is 100 cm³/mol. The van der Waals surface area contributed by atoms with Crippen LogP contribution >= 0.6 is 11.6 Å². The van der Waals surface area contributed by atoms with Crippen molar-refractivity contribution in [3.8, 4) is 5.75 Å². The van der Waals surface area contributed by atoms with Crippen LogP contribution in [0.25, 0.3) is 0 Å². The van der Waals surface area contributed by atoms with Gasteiger partial charge in [0, 0.05) is 10.7 Å². The van der Waals surface area contributed by atoms with E-state index in [1.165, 1.54) is 7.11 Å². The van der Waals surface area contributed by atoms with Gasteiger partial charge in [0.15, 0.2) is 0 Å². The van der Waals surface area contributed by atoms with Crippen LogP contribution in [0.15, 0.2) is 42.5 Å². The molecule has 0 aliphatic heterocycles. The Bertz CT molecular complexity index is 884. The highest BCUT2D eigenvalue weighted by atomic mass is 35.5. The van der Waals surface area contributed by atoms with E-state index in [1.54, 1.807) is 42.5 Å². The highest BCUT2D eigenvalue weighted by Gasteiger charge is 2.24. The van der Waals surface area contributed by atoms with Crippen LogP contribution in [0.1, 0.15) is 5.56 Å². The molecule has 0 atom stereocenters. The average Bonchev–Trinajstić information content (AvgIpc) is 2.51. The number of methoxy groups -OCH3 is 1. The summed E-state index contributed by atoms with van der Waals surface area (Å²) in [6.07, 6.45) is 1.04. The topological polar surface area (TPSA) is 75.7 Å². The second-order valence-corrected chi connectivity index (χ2v) is 7.85. The van der Waals surface area contributed by atoms with Gasteiger partial charge >= 0.3 is 0 Å². The molecule has 134 valence electrons. The lowest BCUT2D eigenvalue weighted by atomic mass is 10.2. The van der Waals surface area contributed by atoms with Crippen LogP contribution in [0, 0.1) is 6.92 Å². The number of nitrogens with zero attached hydrogens (tertiary/aromatic N) is 1. The zero-order valence-electron chi connectivity index (χ0n) is 14.1. The van der Waals surface area contributed by atoms with Gasteiger partial charge in [0.05, 0.1) is 19.1 Å². The van der Waals surface area contributed by atoms with Crippen molar-refractivity contribution in [3.63, 3.8) is 0 Å². The smallest absolute Gasteiger partial charge is 0.245 e. The third kappa shape index (κ3) is 5.11. The molecule has 2 rings (SSSR count). The van der Waals surface area contributed by atoms with E-state index in [4.69, 9.17) is 16.3 Å². The first kappa shape index (κ1) is 19.1. The zero-order valence-corrected chi connectivity index (χ0v) is 15.7. The Hall–Kier alpha value is -2.25. The first-order valence-electron chi connectivity index (χ1n) is 7.38. The van der Waals surface area contributed by atoms with Crippen molar-refractivity contribution in [1.82, 2.24) is 0 Å². The van der Waals surface area contributed by atoms with Crippen LogP contribution in [-0.2, 0) is 14.8 Å². The van der Waals surface area contributed by atoms with E-state index in [1.807, 2.05) is 6.92 Å². The third-order valence-corrected chi connectivity index (χ3v) is 4.76. The van der Waals surface area contributed by atoms with Crippen LogP contribution in [0.5, 0.6) is 5.75 Å². The number of anilines is 2. The standard InChI is InChI=1S/C17H19ClN2O4S/c1-12-7-8-16(24-2)15(9-12)20(25(3,22)23)11-17(21)19-14-6-4-5-13(18)10-14/h4-10H,11H2,1-3H3,(H,19,21). The number of rotatable bonds is 6. The summed E-state index contributed by atoms with van der Waals surface area (Å²) >= 11 is 5.89. The average molecular weight is 383 g/mol. The number of hydrogen-bond acceptors (Lipinski definition) is 4. The molecule has 0 radical (unpaired) electrons. The molecule has 0 fully saturated rings. The summed E-state index contributed by atoms with van der Waals surface area (Å²) in [6.45, 7) is 1.45. The monoisotopic (exact) mass is 382 g/mol. The number of hydrogen-bond donors (Lipinski definition) is 1. The summed E-state index contributed by atoms with van der Waals surface area (Å²) in [4.78, 5) is 12.3. The molecule has 0 saturated heterocycles. The van der Waals surface area contributed by atoms with Crippen molar-refractivity contribution in [1.29, 1.82) is 0 Å². The van der Waals surface area contributed by atoms with E-state index >= 15 is 0 Å². The number of aryl methyl sites for hydroxylation is 1. The molecule has 25 heavy (non-hydrogen) atoms. The molecule has 0 saturated carbocycles. The highest BCUT2D eigenvalue weighted by Crippen LogP contribution is 2.31. The summed E-state index contributed by atoms with van der Waals surface area (Å²) in [7, 11) is -2.25. The number of carbonyl (C=O) groups is 1. The number of carbonyl (C=O) groups excluding carboxylic acids is 1. The van der Waals surface area contributed by atoms with E-state index in [0.29, 0.717) is 22.1 Å². The van der Waals surface area contributed by atoms with Crippen LogP contribution < -0.4 is 14.4 Å². The molecule has 0 heterocycles. The summed E-state index contributed by atoms with van der Waals surface area (Å²) in [5.74, 6) is -0.122. The lowest BCUT2D eigenvalue weighted by Crippen LogP contribution is -2.37. The fourth-order valence-corrected chi connectivity index (χ4v) is 3.32. The molecule has 1 amide bonds.